The van der Waals surface area contributed by atoms with Gasteiger partial charge in [0.25, 0.3) is 0 Å². The van der Waals surface area contributed by atoms with Crippen LogP contribution >= 0.6 is 22.7 Å². The predicted octanol–water partition coefficient (Wildman–Crippen LogP) is 3.93. The summed E-state index contributed by atoms with van der Waals surface area (Å²) in [5.41, 5.74) is 3.05. The first-order chi connectivity index (χ1) is 7.93. The maximum atomic E-state index is 4.42. The zero-order valence-corrected chi connectivity index (χ0v) is 9.96. The van der Waals surface area contributed by atoms with Crippen molar-refractivity contribution >= 4 is 22.7 Å². The van der Waals surface area contributed by atoms with Crippen LogP contribution in [0.3, 0.4) is 0 Å². The Morgan fingerprint density at radius 2 is 1.81 bits per heavy atom. The summed E-state index contributed by atoms with van der Waals surface area (Å²) in [6, 6.07) is 10.3. The lowest BCUT2D eigenvalue weighted by atomic mass is 10.2. The molecule has 0 spiro atoms. The van der Waals surface area contributed by atoms with Gasteiger partial charge < -0.3 is 0 Å². The summed E-state index contributed by atoms with van der Waals surface area (Å²) in [6.45, 7) is 0. The van der Waals surface area contributed by atoms with Gasteiger partial charge in [-0.15, -0.1) is 22.7 Å². The Morgan fingerprint density at radius 3 is 2.56 bits per heavy atom. The summed E-state index contributed by atoms with van der Waals surface area (Å²) in [6.07, 6.45) is 3.79. The van der Waals surface area contributed by atoms with Gasteiger partial charge in [0, 0.05) is 12.4 Å². The van der Waals surface area contributed by atoms with Crippen LogP contribution in [0.1, 0.15) is 0 Å². The average molecular weight is 244 g/mol. The molecule has 78 valence electrons. The van der Waals surface area contributed by atoms with Crippen molar-refractivity contribution in [3.8, 4) is 20.3 Å². The van der Waals surface area contributed by atoms with Crippen LogP contribution in [0.15, 0.2) is 48.2 Å². The zero-order chi connectivity index (χ0) is 10.8. The molecule has 3 aromatic rings. The van der Waals surface area contributed by atoms with Crippen molar-refractivity contribution < 1.29 is 0 Å². The molecule has 1 aromatic carbocycles. The summed E-state index contributed by atoms with van der Waals surface area (Å²) < 4.78 is 0. The standard InChI is InChI=1S/C12H8N2S2/c1-2-4-9(5-3-1)10-7-14-12(16-10)11-6-13-8-15-11/h1-8H. The van der Waals surface area contributed by atoms with E-state index in [-0.39, 0.29) is 0 Å². The molecule has 0 aliphatic carbocycles. The van der Waals surface area contributed by atoms with E-state index in [0.29, 0.717) is 0 Å². The smallest absolute Gasteiger partial charge is 0.135 e. The molecule has 0 saturated heterocycles. The monoisotopic (exact) mass is 244 g/mol. The highest BCUT2D eigenvalue weighted by Crippen LogP contribution is 2.33. The first kappa shape index (κ1) is 9.69. The Kier molecular flexibility index (Phi) is 2.52. The third-order valence-electron chi connectivity index (χ3n) is 2.21. The number of aromatic nitrogens is 2. The van der Waals surface area contributed by atoms with Gasteiger partial charge in [-0.1, -0.05) is 30.3 Å². The number of thiazole rings is 2. The second-order valence-corrected chi connectivity index (χ2v) is 5.18. The van der Waals surface area contributed by atoms with Crippen LogP contribution in [0.25, 0.3) is 20.3 Å². The van der Waals surface area contributed by atoms with Crippen LogP contribution in [-0.2, 0) is 0 Å². The molecule has 0 aliphatic heterocycles. The highest BCUT2D eigenvalue weighted by atomic mass is 32.1. The number of rotatable bonds is 2. The van der Waals surface area contributed by atoms with E-state index >= 15 is 0 Å². The molecule has 0 atom stereocenters. The molecule has 0 aliphatic rings. The highest BCUT2D eigenvalue weighted by Gasteiger charge is 2.06. The molecule has 16 heavy (non-hydrogen) atoms. The Morgan fingerprint density at radius 1 is 0.938 bits per heavy atom. The van der Waals surface area contributed by atoms with Crippen LogP contribution in [0, 0.1) is 0 Å². The average Bonchev–Trinajstić information content (AvgIpc) is 3.01. The molecule has 3 rings (SSSR count). The molecule has 0 fully saturated rings. The first-order valence-electron chi connectivity index (χ1n) is 4.83. The quantitative estimate of drug-likeness (QED) is 0.682. The van der Waals surface area contributed by atoms with Gasteiger partial charge in [-0.05, 0) is 5.56 Å². The summed E-state index contributed by atoms with van der Waals surface area (Å²) in [4.78, 5) is 10.8. The van der Waals surface area contributed by atoms with Gasteiger partial charge in [-0.3, -0.25) is 4.98 Å². The van der Waals surface area contributed by atoms with Gasteiger partial charge in [0.1, 0.15) is 5.01 Å². The number of hydrogen-bond donors (Lipinski definition) is 0. The van der Waals surface area contributed by atoms with E-state index in [1.165, 1.54) is 10.4 Å². The second kappa shape index (κ2) is 4.15. The number of benzene rings is 1. The van der Waals surface area contributed by atoms with E-state index in [0.717, 1.165) is 9.88 Å². The zero-order valence-electron chi connectivity index (χ0n) is 8.33. The maximum Gasteiger partial charge on any atom is 0.135 e. The van der Waals surface area contributed by atoms with E-state index < -0.39 is 0 Å². The third-order valence-corrected chi connectivity index (χ3v) is 4.20. The minimum Gasteiger partial charge on any atom is -0.252 e. The number of nitrogens with zero attached hydrogens (tertiary/aromatic N) is 2. The fourth-order valence-corrected chi connectivity index (χ4v) is 3.05. The van der Waals surface area contributed by atoms with Crippen molar-refractivity contribution in [1.82, 2.24) is 9.97 Å². The van der Waals surface area contributed by atoms with Crippen LogP contribution < -0.4 is 0 Å². The van der Waals surface area contributed by atoms with Gasteiger partial charge in [0.2, 0.25) is 0 Å². The van der Waals surface area contributed by atoms with Crippen molar-refractivity contribution in [3.63, 3.8) is 0 Å². The summed E-state index contributed by atoms with van der Waals surface area (Å²) in [7, 11) is 0. The van der Waals surface area contributed by atoms with Crippen LogP contribution in [-0.4, -0.2) is 9.97 Å². The molecule has 0 radical (unpaired) electrons. The van der Waals surface area contributed by atoms with Gasteiger partial charge in [0.15, 0.2) is 0 Å². The lowest BCUT2D eigenvalue weighted by Gasteiger charge is -1.93. The minimum atomic E-state index is 1.04. The highest BCUT2D eigenvalue weighted by molar-refractivity contribution is 7.22. The fourth-order valence-electron chi connectivity index (χ4n) is 1.45. The molecule has 0 saturated carbocycles. The van der Waals surface area contributed by atoms with Gasteiger partial charge >= 0.3 is 0 Å². The molecule has 0 bridgehead atoms. The van der Waals surface area contributed by atoms with Gasteiger partial charge in [0.05, 0.1) is 15.3 Å². The lowest BCUT2D eigenvalue weighted by Crippen LogP contribution is -1.67. The van der Waals surface area contributed by atoms with Crippen molar-refractivity contribution in [1.29, 1.82) is 0 Å². The predicted molar refractivity (Wildman–Crippen MR) is 68.7 cm³/mol. The first-order valence-corrected chi connectivity index (χ1v) is 6.53. The van der Waals surface area contributed by atoms with E-state index in [2.05, 4.69) is 22.1 Å². The molecule has 0 N–H and O–H groups in total. The van der Waals surface area contributed by atoms with Crippen LogP contribution in [0.4, 0.5) is 0 Å². The Balaban J connectivity index is 2.00. The normalized spacial score (nSPS) is 10.5. The molecule has 2 heterocycles. The molecule has 4 heteroatoms. The van der Waals surface area contributed by atoms with Crippen molar-refractivity contribution in [2.75, 3.05) is 0 Å². The Labute approximate surface area is 101 Å². The molecule has 0 unspecified atom stereocenters. The molecule has 2 nitrogen and oxygen atoms in total. The number of hydrogen-bond acceptors (Lipinski definition) is 4. The SMILES string of the molecule is c1ccc(-c2cnc(-c3cncs3)s2)cc1. The minimum absolute atomic E-state index is 1.04. The van der Waals surface area contributed by atoms with Gasteiger partial charge in [-0.2, -0.15) is 0 Å². The van der Waals surface area contributed by atoms with E-state index in [1.54, 1.807) is 22.7 Å². The Hall–Kier alpha value is -1.52. The molecular formula is C12H8N2S2. The summed E-state index contributed by atoms with van der Waals surface area (Å²) >= 11 is 3.32. The Bertz CT molecular complexity index is 570. The third kappa shape index (κ3) is 1.77. The summed E-state index contributed by atoms with van der Waals surface area (Å²) in [5.74, 6) is 0. The van der Waals surface area contributed by atoms with E-state index in [1.807, 2.05) is 36.1 Å². The topological polar surface area (TPSA) is 25.8 Å². The van der Waals surface area contributed by atoms with Crippen molar-refractivity contribution in [2.24, 2.45) is 0 Å². The van der Waals surface area contributed by atoms with Crippen molar-refractivity contribution in [3.05, 3.63) is 48.2 Å². The van der Waals surface area contributed by atoms with Crippen molar-refractivity contribution in [2.45, 2.75) is 0 Å². The summed E-state index contributed by atoms with van der Waals surface area (Å²) in [5, 5.41) is 1.04. The largest absolute Gasteiger partial charge is 0.252 e. The molecular weight excluding hydrogens is 236 g/mol. The molecule has 0 amide bonds. The van der Waals surface area contributed by atoms with Crippen LogP contribution in [0.2, 0.25) is 0 Å². The fraction of sp³-hybridized carbons (Fsp3) is 0. The van der Waals surface area contributed by atoms with Crippen LogP contribution in [0.5, 0.6) is 0 Å². The second-order valence-electron chi connectivity index (χ2n) is 3.26. The van der Waals surface area contributed by atoms with Gasteiger partial charge in [-0.25, -0.2) is 4.98 Å². The molecule has 2 aromatic heterocycles. The maximum absolute atomic E-state index is 4.42. The van der Waals surface area contributed by atoms with E-state index in [9.17, 15) is 0 Å². The lowest BCUT2D eigenvalue weighted by molar-refractivity contribution is 1.39. The van der Waals surface area contributed by atoms with E-state index in [4.69, 9.17) is 0 Å².